The van der Waals surface area contributed by atoms with Crippen LogP contribution in [0.3, 0.4) is 0 Å². The van der Waals surface area contributed by atoms with Crippen molar-refractivity contribution in [3.8, 4) is 0 Å². The number of sulfonamides is 1. The van der Waals surface area contributed by atoms with Crippen LogP contribution in [0.4, 0.5) is 17.2 Å². The molecule has 39 heavy (non-hydrogen) atoms. The molecule has 2 aliphatic rings. The van der Waals surface area contributed by atoms with E-state index in [-0.39, 0.29) is 57.8 Å². The zero-order valence-electron chi connectivity index (χ0n) is 21.1. The summed E-state index contributed by atoms with van der Waals surface area (Å²) in [5.74, 6) is -1.12. The molecule has 1 aliphatic carbocycles. The van der Waals surface area contributed by atoms with Crippen molar-refractivity contribution in [2.75, 3.05) is 28.2 Å². The van der Waals surface area contributed by atoms with Crippen molar-refractivity contribution in [1.29, 1.82) is 0 Å². The maximum absolute atomic E-state index is 13.3. The van der Waals surface area contributed by atoms with Crippen LogP contribution >= 0.6 is 11.6 Å². The van der Waals surface area contributed by atoms with E-state index in [1.807, 2.05) is 4.90 Å². The predicted octanol–water partition coefficient (Wildman–Crippen LogP) is 3.62. The molecule has 12 nitrogen and oxygen atoms in total. The summed E-state index contributed by atoms with van der Waals surface area (Å²) in [4.78, 5) is 48.8. The summed E-state index contributed by atoms with van der Waals surface area (Å²) in [7, 11) is -3.58. The highest BCUT2D eigenvalue weighted by molar-refractivity contribution is 7.92. The van der Waals surface area contributed by atoms with Crippen molar-refractivity contribution in [3.05, 3.63) is 41.4 Å². The molecule has 1 saturated carbocycles. The average molecular weight is 575 g/mol. The molecule has 0 spiro atoms. The Bertz CT molecular complexity index is 1530. The van der Waals surface area contributed by atoms with Gasteiger partial charge in [0.25, 0.3) is 5.91 Å². The van der Waals surface area contributed by atoms with Crippen molar-refractivity contribution in [2.24, 2.45) is 5.92 Å². The molecule has 206 valence electrons. The van der Waals surface area contributed by atoms with E-state index in [9.17, 15) is 22.8 Å². The fourth-order valence-electron chi connectivity index (χ4n) is 5.08. The first-order valence-corrected chi connectivity index (χ1v) is 14.8. The molecule has 3 aromatic rings. The number of carbonyl (C=O) groups is 3. The number of hydrogen-bond acceptors (Lipinski definition) is 8. The van der Waals surface area contributed by atoms with Crippen molar-refractivity contribution in [3.63, 3.8) is 0 Å². The van der Waals surface area contributed by atoms with Crippen LogP contribution in [0.15, 0.2) is 35.0 Å². The number of amides is 3. The number of aromatic nitrogens is 2. The van der Waals surface area contributed by atoms with Gasteiger partial charge < -0.3 is 20.0 Å². The van der Waals surface area contributed by atoms with Gasteiger partial charge in [0.1, 0.15) is 17.0 Å². The summed E-state index contributed by atoms with van der Waals surface area (Å²) in [5.41, 5.74) is 0.499. The molecule has 1 saturated heterocycles. The van der Waals surface area contributed by atoms with Crippen LogP contribution in [0.5, 0.6) is 0 Å². The molecule has 2 fully saturated rings. The Morgan fingerprint density at radius 2 is 1.87 bits per heavy atom. The second-order valence-corrected chi connectivity index (χ2v) is 11.9. The fraction of sp³-hybridized carbons (Fsp3) is 0.400. The number of halogens is 1. The SMILES string of the molecule is CS(=O)(=O)Nc1cnc2c(NC(=O)C3CCC(N4CCCC4=O)CC3)c(C(=O)Nc3ccc(Cl)cn3)oc2c1. The molecule has 4 heterocycles. The first-order chi connectivity index (χ1) is 18.6. The Labute approximate surface area is 229 Å². The number of likely N-dealkylation sites (tertiary alicyclic amines) is 1. The maximum atomic E-state index is 13.3. The highest BCUT2D eigenvalue weighted by Crippen LogP contribution is 2.35. The molecule has 0 aromatic carbocycles. The van der Waals surface area contributed by atoms with Gasteiger partial charge in [-0.25, -0.2) is 18.4 Å². The van der Waals surface area contributed by atoms with Crippen LogP contribution in [0.1, 0.15) is 49.1 Å². The summed E-state index contributed by atoms with van der Waals surface area (Å²) in [6.45, 7) is 0.768. The molecule has 0 radical (unpaired) electrons. The van der Waals surface area contributed by atoms with Gasteiger partial charge in [0.05, 0.1) is 23.2 Å². The highest BCUT2D eigenvalue weighted by atomic mass is 35.5. The third kappa shape index (κ3) is 6.14. The molecular formula is C25H27ClN6O6S. The number of pyridine rings is 2. The van der Waals surface area contributed by atoms with Gasteiger partial charge in [-0.15, -0.1) is 0 Å². The minimum absolute atomic E-state index is 0.0733. The molecule has 14 heteroatoms. The summed E-state index contributed by atoms with van der Waals surface area (Å²) >= 11 is 5.87. The van der Waals surface area contributed by atoms with Gasteiger partial charge >= 0.3 is 0 Å². The van der Waals surface area contributed by atoms with Gasteiger partial charge in [-0.2, -0.15) is 0 Å². The first kappa shape index (κ1) is 26.9. The number of furan rings is 1. The Morgan fingerprint density at radius 3 is 2.51 bits per heavy atom. The highest BCUT2D eigenvalue weighted by Gasteiger charge is 2.34. The van der Waals surface area contributed by atoms with Gasteiger partial charge in [0, 0.05) is 37.2 Å². The lowest BCUT2D eigenvalue weighted by Gasteiger charge is -2.34. The van der Waals surface area contributed by atoms with E-state index in [1.165, 1.54) is 24.5 Å². The Morgan fingerprint density at radius 1 is 1.10 bits per heavy atom. The Kier molecular flexibility index (Phi) is 7.45. The number of nitrogens with zero attached hydrogens (tertiary/aromatic N) is 3. The third-order valence-corrected chi connectivity index (χ3v) is 7.70. The van der Waals surface area contributed by atoms with E-state index in [1.54, 1.807) is 6.07 Å². The normalized spacial score (nSPS) is 19.7. The second kappa shape index (κ2) is 10.8. The zero-order chi connectivity index (χ0) is 27.7. The first-order valence-electron chi connectivity index (χ1n) is 12.5. The van der Waals surface area contributed by atoms with E-state index in [4.69, 9.17) is 16.0 Å². The van der Waals surface area contributed by atoms with Gasteiger partial charge in [0.15, 0.2) is 5.58 Å². The molecule has 3 aromatic heterocycles. The fourth-order valence-corrected chi connectivity index (χ4v) is 5.73. The number of rotatable bonds is 7. The van der Waals surface area contributed by atoms with Crippen LogP contribution in [-0.4, -0.2) is 59.8 Å². The summed E-state index contributed by atoms with van der Waals surface area (Å²) in [5, 5.41) is 5.82. The van der Waals surface area contributed by atoms with Gasteiger partial charge in [-0.3, -0.25) is 19.1 Å². The average Bonchev–Trinajstić information content (AvgIpc) is 3.47. The zero-order valence-corrected chi connectivity index (χ0v) is 22.6. The minimum atomic E-state index is -3.58. The van der Waals surface area contributed by atoms with Crippen molar-refractivity contribution < 1.29 is 27.2 Å². The van der Waals surface area contributed by atoms with Crippen molar-refractivity contribution >= 4 is 67.6 Å². The molecule has 0 unspecified atom stereocenters. The van der Waals surface area contributed by atoms with E-state index < -0.39 is 15.9 Å². The predicted molar refractivity (Wildman–Crippen MR) is 145 cm³/mol. The Balaban J connectivity index is 1.39. The van der Waals surface area contributed by atoms with Gasteiger partial charge in [-0.05, 0) is 44.2 Å². The molecular weight excluding hydrogens is 548 g/mol. The number of hydrogen-bond donors (Lipinski definition) is 3. The van der Waals surface area contributed by atoms with Crippen LogP contribution < -0.4 is 15.4 Å². The van der Waals surface area contributed by atoms with Crippen LogP contribution in [0.25, 0.3) is 11.1 Å². The summed E-state index contributed by atoms with van der Waals surface area (Å²) < 4.78 is 31.4. The van der Waals surface area contributed by atoms with E-state index in [0.29, 0.717) is 24.3 Å². The van der Waals surface area contributed by atoms with E-state index in [2.05, 4.69) is 25.3 Å². The van der Waals surface area contributed by atoms with Crippen LogP contribution in [0, 0.1) is 5.92 Å². The smallest absolute Gasteiger partial charge is 0.294 e. The second-order valence-electron chi connectivity index (χ2n) is 9.75. The van der Waals surface area contributed by atoms with Gasteiger partial charge in [-0.1, -0.05) is 11.6 Å². The summed E-state index contributed by atoms with van der Waals surface area (Å²) in [6.07, 6.45) is 7.75. The Hall–Kier alpha value is -3.71. The van der Waals surface area contributed by atoms with Gasteiger partial charge in [0.2, 0.25) is 27.6 Å². The van der Waals surface area contributed by atoms with E-state index in [0.717, 1.165) is 32.1 Å². The maximum Gasteiger partial charge on any atom is 0.294 e. The van der Waals surface area contributed by atoms with Crippen LogP contribution in [-0.2, 0) is 19.6 Å². The molecule has 1 aliphatic heterocycles. The lowest BCUT2D eigenvalue weighted by Crippen LogP contribution is -2.40. The van der Waals surface area contributed by atoms with Crippen molar-refractivity contribution in [1.82, 2.24) is 14.9 Å². The number of anilines is 3. The van der Waals surface area contributed by atoms with Crippen molar-refractivity contribution in [2.45, 2.75) is 44.6 Å². The largest absolute Gasteiger partial charge is 0.447 e. The molecule has 0 bridgehead atoms. The number of fused-ring (bicyclic) bond motifs is 1. The standard InChI is InChI=1S/C25H27ClN6O6S/c1-39(36,37)31-16-11-18-21(28-13-16)22(23(38-18)25(35)29-19-9-6-15(26)12-27-19)30-24(34)14-4-7-17(8-5-14)32-10-2-3-20(32)33/h6,9,11-14,17,31H,2-5,7-8,10H2,1H3,(H,30,34)(H,27,29,35). The number of nitrogens with one attached hydrogen (secondary N) is 3. The monoisotopic (exact) mass is 574 g/mol. The lowest BCUT2D eigenvalue weighted by atomic mass is 9.84. The molecule has 5 rings (SSSR count). The molecule has 0 atom stereocenters. The lowest BCUT2D eigenvalue weighted by molar-refractivity contribution is -0.130. The third-order valence-electron chi connectivity index (χ3n) is 6.87. The molecule has 3 amide bonds. The summed E-state index contributed by atoms with van der Waals surface area (Å²) in [6, 6.07) is 4.60. The number of carbonyl (C=O) groups excluding carboxylic acids is 3. The van der Waals surface area contributed by atoms with E-state index >= 15 is 0 Å². The molecule has 3 N–H and O–H groups in total. The quantitative estimate of drug-likeness (QED) is 0.385. The van der Waals surface area contributed by atoms with Crippen LogP contribution in [0.2, 0.25) is 5.02 Å². The topological polar surface area (TPSA) is 164 Å². The minimum Gasteiger partial charge on any atom is -0.447 e.